The molecule has 2 unspecified atom stereocenters. The maximum absolute atomic E-state index is 12.2. The van der Waals surface area contributed by atoms with E-state index in [2.05, 4.69) is 17.2 Å². The van der Waals surface area contributed by atoms with E-state index in [1.54, 1.807) is 6.07 Å². The van der Waals surface area contributed by atoms with E-state index >= 15 is 0 Å². The standard InChI is InChI=1S/C17H27N3O/c1-3-15-10-14(11-16(18)20-15)17(21)19-8-7-13-6-4-5-12(2)9-13/h10-13H,3-9H2,1-2H3,(H2,18,20)(H,19,21). The number of carbonyl (C=O) groups excluding carboxylic acids is 1. The van der Waals surface area contributed by atoms with E-state index in [0.717, 1.165) is 36.9 Å². The molecular weight excluding hydrogens is 262 g/mol. The third kappa shape index (κ3) is 4.73. The van der Waals surface area contributed by atoms with E-state index in [0.29, 0.717) is 11.4 Å². The lowest BCUT2D eigenvalue weighted by Crippen LogP contribution is -2.27. The summed E-state index contributed by atoms with van der Waals surface area (Å²) in [6, 6.07) is 3.48. The Hall–Kier alpha value is -1.58. The zero-order valence-electron chi connectivity index (χ0n) is 13.2. The Morgan fingerprint density at radius 2 is 2.24 bits per heavy atom. The summed E-state index contributed by atoms with van der Waals surface area (Å²) in [4.78, 5) is 16.4. The number of nitrogens with one attached hydrogen (secondary N) is 1. The summed E-state index contributed by atoms with van der Waals surface area (Å²) >= 11 is 0. The van der Waals surface area contributed by atoms with Crippen molar-refractivity contribution in [2.75, 3.05) is 12.3 Å². The second kappa shape index (κ2) is 7.43. The molecule has 116 valence electrons. The Bertz CT molecular complexity index is 487. The molecule has 1 aliphatic carbocycles. The van der Waals surface area contributed by atoms with Gasteiger partial charge in [0.15, 0.2) is 0 Å². The predicted molar refractivity (Wildman–Crippen MR) is 86.1 cm³/mol. The van der Waals surface area contributed by atoms with Gasteiger partial charge in [-0.05, 0) is 43.2 Å². The van der Waals surface area contributed by atoms with Crippen molar-refractivity contribution in [1.29, 1.82) is 0 Å². The normalized spacial score (nSPS) is 22.0. The van der Waals surface area contributed by atoms with Crippen LogP contribution >= 0.6 is 0 Å². The van der Waals surface area contributed by atoms with Crippen LogP contribution in [0.4, 0.5) is 5.82 Å². The van der Waals surface area contributed by atoms with Gasteiger partial charge in [-0.1, -0.05) is 33.1 Å². The number of pyridine rings is 1. The molecule has 1 aromatic rings. The minimum Gasteiger partial charge on any atom is -0.384 e. The van der Waals surface area contributed by atoms with Crippen LogP contribution in [0.2, 0.25) is 0 Å². The van der Waals surface area contributed by atoms with E-state index in [-0.39, 0.29) is 5.91 Å². The molecule has 1 aromatic heterocycles. The fourth-order valence-corrected chi connectivity index (χ4v) is 3.24. The summed E-state index contributed by atoms with van der Waals surface area (Å²) in [7, 11) is 0. The second-order valence-corrected chi connectivity index (χ2v) is 6.31. The van der Waals surface area contributed by atoms with Gasteiger partial charge in [-0.25, -0.2) is 4.98 Å². The molecule has 1 aliphatic rings. The maximum Gasteiger partial charge on any atom is 0.251 e. The SMILES string of the molecule is CCc1cc(C(=O)NCCC2CCCC(C)C2)cc(N)n1. The molecule has 0 aliphatic heterocycles. The highest BCUT2D eigenvalue weighted by Crippen LogP contribution is 2.30. The minimum atomic E-state index is -0.0392. The zero-order valence-corrected chi connectivity index (χ0v) is 13.2. The first-order valence-electron chi connectivity index (χ1n) is 8.13. The molecule has 4 heteroatoms. The number of hydrogen-bond acceptors (Lipinski definition) is 3. The molecular formula is C17H27N3O. The Kier molecular flexibility index (Phi) is 5.59. The Labute approximate surface area is 127 Å². The molecule has 1 amide bonds. The maximum atomic E-state index is 12.2. The molecule has 3 N–H and O–H groups in total. The smallest absolute Gasteiger partial charge is 0.251 e. The monoisotopic (exact) mass is 289 g/mol. The van der Waals surface area contributed by atoms with E-state index < -0.39 is 0 Å². The lowest BCUT2D eigenvalue weighted by molar-refractivity contribution is 0.0949. The van der Waals surface area contributed by atoms with Crippen LogP contribution in [0.25, 0.3) is 0 Å². The van der Waals surface area contributed by atoms with Crippen LogP contribution in [0.15, 0.2) is 12.1 Å². The van der Waals surface area contributed by atoms with Gasteiger partial charge in [0.25, 0.3) is 5.91 Å². The summed E-state index contributed by atoms with van der Waals surface area (Å²) in [5, 5.41) is 3.02. The predicted octanol–water partition coefficient (Wildman–Crippen LogP) is 3.17. The van der Waals surface area contributed by atoms with Gasteiger partial charge in [0, 0.05) is 17.8 Å². The lowest BCUT2D eigenvalue weighted by atomic mass is 9.81. The number of nitrogens with two attached hydrogens (primary N) is 1. The summed E-state index contributed by atoms with van der Waals surface area (Å²) in [5.74, 6) is 1.98. The third-order valence-corrected chi connectivity index (χ3v) is 4.41. The topological polar surface area (TPSA) is 68.0 Å². The summed E-state index contributed by atoms with van der Waals surface area (Å²) in [6.07, 6.45) is 7.17. The van der Waals surface area contributed by atoms with E-state index in [9.17, 15) is 4.79 Å². The molecule has 0 radical (unpaired) electrons. The van der Waals surface area contributed by atoms with Crippen LogP contribution in [0.3, 0.4) is 0 Å². The average molecular weight is 289 g/mol. The highest BCUT2D eigenvalue weighted by molar-refractivity contribution is 5.94. The lowest BCUT2D eigenvalue weighted by Gasteiger charge is -2.26. The number of rotatable bonds is 5. The Morgan fingerprint density at radius 3 is 2.95 bits per heavy atom. The number of amides is 1. The van der Waals surface area contributed by atoms with E-state index in [4.69, 9.17) is 5.73 Å². The van der Waals surface area contributed by atoms with E-state index in [1.165, 1.54) is 25.7 Å². The van der Waals surface area contributed by atoms with Gasteiger partial charge >= 0.3 is 0 Å². The van der Waals surface area contributed by atoms with Crippen molar-refractivity contribution >= 4 is 11.7 Å². The van der Waals surface area contributed by atoms with Crippen molar-refractivity contribution < 1.29 is 4.79 Å². The number of nitrogen functional groups attached to an aromatic ring is 1. The molecule has 2 rings (SSSR count). The van der Waals surface area contributed by atoms with Crippen molar-refractivity contribution in [3.63, 3.8) is 0 Å². The van der Waals surface area contributed by atoms with Gasteiger partial charge in [-0.3, -0.25) is 4.79 Å². The fraction of sp³-hybridized carbons (Fsp3) is 0.647. The zero-order chi connectivity index (χ0) is 15.2. The third-order valence-electron chi connectivity index (χ3n) is 4.41. The van der Waals surface area contributed by atoms with Crippen molar-refractivity contribution in [3.8, 4) is 0 Å². The van der Waals surface area contributed by atoms with Gasteiger partial charge in [0.1, 0.15) is 5.82 Å². The van der Waals surface area contributed by atoms with Gasteiger partial charge in [0.05, 0.1) is 0 Å². The van der Waals surface area contributed by atoms with Crippen molar-refractivity contribution in [3.05, 3.63) is 23.4 Å². The largest absolute Gasteiger partial charge is 0.384 e. The van der Waals surface area contributed by atoms with Crippen LogP contribution < -0.4 is 11.1 Å². The molecule has 0 spiro atoms. The van der Waals surface area contributed by atoms with Crippen LogP contribution in [0.1, 0.15) is 62.0 Å². The number of hydrogen-bond donors (Lipinski definition) is 2. The Morgan fingerprint density at radius 1 is 1.43 bits per heavy atom. The first-order valence-corrected chi connectivity index (χ1v) is 8.13. The van der Waals surface area contributed by atoms with Gasteiger partial charge in [-0.2, -0.15) is 0 Å². The summed E-state index contributed by atoms with van der Waals surface area (Å²) in [6.45, 7) is 5.09. The fourth-order valence-electron chi connectivity index (χ4n) is 3.24. The number of carbonyl (C=O) groups is 1. The number of aromatic nitrogens is 1. The first-order chi connectivity index (χ1) is 10.1. The summed E-state index contributed by atoms with van der Waals surface area (Å²) < 4.78 is 0. The quantitative estimate of drug-likeness (QED) is 0.874. The summed E-state index contributed by atoms with van der Waals surface area (Å²) in [5.41, 5.74) is 7.23. The van der Waals surface area contributed by atoms with E-state index in [1.807, 2.05) is 13.0 Å². The molecule has 21 heavy (non-hydrogen) atoms. The van der Waals surface area contributed by atoms with Crippen molar-refractivity contribution in [1.82, 2.24) is 10.3 Å². The highest BCUT2D eigenvalue weighted by atomic mass is 16.1. The molecule has 1 heterocycles. The number of nitrogens with zero attached hydrogens (tertiary/aromatic N) is 1. The molecule has 0 saturated heterocycles. The molecule has 1 saturated carbocycles. The van der Waals surface area contributed by atoms with Gasteiger partial charge in [-0.15, -0.1) is 0 Å². The first kappa shape index (κ1) is 15.8. The molecule has 1 fully saturated rings. The van der Waals surface area contributed by atoms with Gasteiger partial charge in [0.2, 0.25) is 0 Å². The number of anilines is 1. The number of aryl methyl sites for hydroxylation is 1. The Balaban J connectivity index is 1.83. The molecule has 2 atom stereocenters. The van der Waals surface area contributed by atoms with Crippen molar-refractivity contribution in [2.45, 2.75) is 52.4 Å². The highest BCUT2D eigenvalue weighted by Gasteiger charge is 2.18. The van der Waals surface area contributed by atoms with Crippen molar-refractivity contribution in [2.24, 2.45) is 11.8 Å². The molecule has 4 nitrogen and oxygen atoms in total. The average Bonchev–Trinajstić information content (AvgIpc) is 2.46. The second-order valence-electron chi connectivity index (χ2n) is 6.31. The van der Waals surface area contributed by atoms with Crippen LogP contribution in [-0.4, -0.2) is 17.4 Å². The van der Waals surface area contributed by atoms with Crippen LogP contribution in [-0.2, 0) is 6.42 Å². The molecule has 0 bridgehead atoms. The van der Waals surface area contributed by atoms with Crippen LogP contribution in [0, 0.1) is 11.8 Å². The van der Waals surface area contributed by atoms with Crippen LogP contribution in [0.5, 0.6) is 0 Å². The van der Waals surface area contributed by atoms with Gasteiger partial charge < -0.3 is 11.1 Å². The molecule has 0 aromatic carbocycles. The minimum absolute atomic E-state index is 0.0392.